The summed E-state index contributed by atoms with van der Waals surface area (Å²) >= 11 is 12.1. The Bertz CT molecular complexity index is 499. The minimum Gasteiger partial charge on any atom is -0.392 e. The summed E-state index contributed by atoms with van der Waals surface area (Å²) in [4.78, 5) is 0. The maximum Gasteiger partial charge on any atom is 0.0614 e. The second-order valence-electron chi connectivity index (χ2n) is 6.57. The zero-order chi connectivity index (χ0) is 13.1. The summed E-state index contributed by atoms with van der Waals surface area (Å²) in [6, 6.07) is 5.57. The first-order valence-electron chi connectivity index (χ1n) is 7.27. The Morgan fingerprint density at radius 1 is 1.16 bits per heavy atom. The fourth-order valence-corrected chi connectivity index (χ4v) is 5.44. The summed E-state index contributed by atoms with van der Waals surface area (Å²) in [6.45, 7) is 0. The third-order valence-corrected chi connectivity index (χ3v) is 6.27. The first kappa shape index (κ1) is 12.5. The van der Waals surface area contributed by atoms with Crippen LogP contribution in [-0.2, 0) is 6.42 Å². The van der Waals surface area contributed by atoms with E-state index in [-0.39, 0.29) is 6.10 Å². The summed E-state index contributed by atoms with van der Waals surface area (Å²) in [5.74, 6) is 4.00. The summed E-state index contributed by atoms with van der Waals surface area (Å²) in [5, 5.41) is 11.9. The molecular weight excluding hydrogens is 279 g/mol. The predicted molar refractivity (Wildman–Crippen MR) is 77.5 cm³/mol. The highest BCUT2D eigenvalue weighted by Gasteiger charge is 2.66. The Morgan fingerprint density at radius 2 is 1.84 bits per heavy atom. The molecule has 1 aromatic carbocycles. The lowest BCUT2D eigenvalue weighted by Crippen LogP contribution is -2.18. The van der Waals surface area contributed by atoms with Crippen LogP contribution in [0.1, 0.15) is 24.8 Å². The van der Waals surface area contributed by atoms with Gasteiger partial charge >= 0.3 is 0 Å². The molecule has 5 unspecified atom stereocenters. The molecular formula is C16H18Cl2O. The average Bonchev–Trinajstić information content (AvgIpc) is 2.82. The van der Waals surface area contributed by atoms with Crippen molar-refractivity contribution in [1.29, 1.82) is 0 Å². The summed E-state index contributed by atoms with van der Waals surface area (Å²) < 4.78 is 0. The number of benzene rings is 1. The van der Waals surface area contributed by atoms with E-state index < -0.39 is 0 Å². The first-order chi connectivity index (χ1) is 9.15. The molecule has 0 spiro atoms. The third-order valence-electron chi connectivity index (χ3n) is 5.68. The number of rotatable bonds is 3. The smallest absolute Gasteiger partial charge is 0.0614 e. The highest BCUT2D eigenvalue weighted by atomic mass is 35.5. The summed E-state index contributed by atoms with van der Waals surface area (Å²) in [5.41, 5.74) is 1.02. The normalized spacial score (nSPS) is 40.3. The number of aliphatic hydroxyl groups excluding tert-OH is 1. The molecule has 1 nitrogen and oxygen atoms in total. The number of aliphatic hydroxyl groups is 1. The third kappa shape index (κ3) is 1.93. The van der Waals surface area contributed by atoms with Crippen molar-refractivity contribution in [2.24, 2.45) is 29.6 Å². The van der Waals surface area contributed by atoms with Crippen molar-refractivity contribution >= 4 is 23.2 Å². The van der Waals surface area contributed by atoms with Crippen LogP contribution in [-0.4, -0.2) is 11.2 Å². The fourth-order valence-electron chi connectivity index (χ4n) is 4.96. The van der Waals surface area contributed by atoms with E-state index in [2.05, 4.69) is 0 Å². The maximum atomic E-state index is 10.5. The second-order valence-corrected chi connectivity index (χ2v) is 7.42. The Labute approximate surface area is 123 Å². The standard InChI is InChI=1S/C16H18Cl2O/c17-11-4-3-8(12(18)7-11)6-13(19)16-14-9-1-2-10(5-9)15(14)16/h3-4,7,9-10,13-16,19H,1-2,5-6H2. The zero-order valence-corrected chi connectivity index (χ0v) is 12.2. The molecule has 3 fully saturated rings. The molecule has 0 aromatic heterocycles. The Balaban J connectivity index is 1.47. The molecule has 1 N–H and O–H groups in total. The van der Waals surface area contributed by atoms with Gasteiger partial charge in [0.1, 0.15) is 0 Å². The molecule has 0 aliphatic heterocycles. The van der Waals surface area contributed by atoms with Gasteiger partial charge in [-0.1, -0.05) is 29.3 Å². The minimum absolute atomic E-state index is 0.225. The molecule has 3 aliphatic rings. The molecule has 5 atom stereocenters. The van der Waals surface area contributed by atoms with Crippen LogP contribution in [0.5, 0.6) is 0 Å². The zero-order valence-electron chi connectivity index (χ0n) is 10.7. The van der Waals surface area contributed by atoms with Crippen LogP contribution in [0.15, 0.2) is 18.2 Å². The van der Waals surface area contributed by atoms with Gasteiger partial charge in [-0.3, -0.25) is 0 Å². The van der Waals surface area contributed by atoms with E-state index in [4.69, 9.17) is 23.2 Å². The van der Waals surface area contributed by atoms with Crippen molar-refractivity contribution in [1.82, 2.24) is 0 Å². The molecule has 0 saturated heterocycles. The van der Waals surface area contributed by atoms with Crippen molar-refractivity contribution in [2.75, 3.05) is 0 Å². The average molecular weight is 297 g/mol. The van der Waals surface area contributed by atoms with Crippen LogP contribution in [0.4, 0.5) is 0 Å². The predicted octanol–water partition coefficient (Wildman–Crippen LogP) is 4.19. The van der Waals surface area contributed by atoms with E-state index in [1.165, 1.54) is 19.3 Å². The van der Waals surface area contributed by atoms with Gasteiger partial charge in [0.25, 0.3) is 0 Å². The SMILES string of the molecule is OC(Cc1ccc(Cl)cc1Cl)C1C2C3CCC(C3)C12. The van der Waals surface area contributed by atoms with Gasteiger partial charge in [-0.05, 0) is 66.5 Å². The van der Waals surface area contributed by atoms with Gasteiger partial charge < -0.3 is 5.11 Å². The van der Waals surface area contributed by atoms with E-state index in [0.717, 1.165) is 29.2 Å². The Kier molecular flexibility index (Phi) is 2.88. The molecule has 2 bridgehead atoms. The van der Waals surface area contributed by atoms with Crippen LogP contribution in [0.3, 0.4) is 0 Å². The van der Waals surface area contributed by atoms with Gasteiger partial charge in [0.05, 0.1) is 6.10 Å². The number of hydrogen-bond acceptors (Lipinski definition) is 1. The molecule has 3 saturated carbocycles. The lowest BCUT2D eigenvalue weighted by molar-refractivity contribution is 0.129. The molecule has 19 heavy (non-hydrogen) atoms. The highest BCUT2D eigenvalue weighted by molar-refractivity contribution is 6.35. The van der Waals surface area contributed by atoms with Crippen molar-refractivity contribution in [3.63, 3.8) is 0 Å². The fraction of sp³-hybridized carbons (Fsp3) is 0.625. The van der Waals surface area contributed by atoms with Gasteiger partial charge in [-0.25, -0.2) is 0 Å². The van der Waals surface area contributed by atoms with Crippen LogP contribution in [0, 0.1) is 29.6 Å². The number of halogens is 2. The van der Waals surface area contributed by atoms with Crippen molar-refractivity contribution < 1.29 is 5.11 Å². The van der Waals surface area contributed by atoms with Gasteiger partial charge in [-0.2, -0.15) is 0 Å². The van der Waals surface area contributed by atoms with Crippen molar-refractivity contribution in [3.05, 3.63) is 33.8 Å². The molecule has 0 radical (unpaired) electrons. The topological polar surface area (TPSA) is 20.2 Å². The largest absolute Gasteiger partial charge is 0.392 e. The van der Waals surface area contributed by atoms with E-state index >= 15 is 0 Å². The summed E-state index contributed by atoms with van der Waals surface area (Å²) in [6.07, 6.45) is 4.68. The summed E-state index contributed by atoms with van der Waals surface area (Å²) in [7, 11) is 0. The van der Waals surface area contributed by atoms with Crippen LogP contribution < -0.4 is 0 Å². The Morgan fingerprint density at radius 3 is 2.47 bits per heavy atom. The van der Waals surface area contributed by atoms with Gasteiger partial charge in [-0.15, -0.1) is 0 Å². The number of hydrogen-bond donors (Lipinski definition) is 1. The molecule has 3 aliphatic carbocycles. The van der Waals surface area contributed by atoms with Crippen molar-refractivity contribution in [2.45, 2.75) is 31.8 Å². The van der Waals surface area contributed by atoms with Gasteiger partial charge in [0.15, 0.2) is 0 Å². The second kappa shape index (κ2) is 4.38. The van der Waals surface area contributed by atoms with E-state index in [1.54, 1.807) is 6.07 Å². The van der Waals surface area contributed by atoms with Crippen molar-refractivity contribution in [3.8, 4) is 0 Å². The molecule has 4 rings (SSSR count). The quantitative estimate of drug-likeness (QED) is 0.887. The van der Waals surface area contributed by atoms with E-state index in [9.17, 15) is 5.11 Å². The first-order valence-corrected chi connectivity index (χ1v) is 8.02. The lowest BCUT2D eigenvalue weighted by atomic mass is 9.95. The molecule has 1 aromatic rings. The van der Waals surface area contributed by atoms with Crippen LogP contribution in [0.25, 0.3) is 0 Å². The minimum atomic E-state index is -0.225. The molecule has 3 heteroatoms. The van der Waals surface area contributed by atoms with E-state index in [1.807, 2.05) is 12.1 Å². The molecule has 0 amide bonds. The van der Waals surface area contributed by atoms with Gasteiger partial charge in [0.2, 0.25) is 0 Å². The van der Waals surface area contributed by atoms with Crippen LogP contribution >= 0.6 is 23.2 Å². The monoisotopic (exact) mass is 296 g/mol. The highest BCUT2D eigenvalue weighted by Crippen LogP contribution is 2.70. The molecule has 102 valence electrons. The van der Waals surface area contributed by atoms with Crippen LogP contribution in [0.2, 0.25) is 10.0 Å². The molecule has 0 heterocycles. The Hall–Kier alpha value is -0.240. The lowest BCUT2D eigenvalue weighted by Gasteiger charge is -2.16. The van der Waals surface area contributed by atoms with E-state index in [0.29, 0.717) is 22.4 Å². The number of fused-ring (bicyclic) bond motifs is 5. The van der Waals surface area contributed by atoms with Gasteiger partial charge in [0, 0.05) is 16.5 Å². The maximum absolute atomic E-state index is 10.5.